The Morgan fingerprint density at radius 3 is 2.50 bits per heavy atom. The number of hydrazine groups is 1. The Balaban J connectivity index is 2.84. The highest BCUT2D eigenvalue weighted by atomic mass is 19.4. The van der Waals surface area contributed by atoms with Crippen LogP contribution in [0, 0.1) is 0 Å². The summed E-state index contributed by atoms with van der Waals surface area (Å²) in [6, 6.07) is 4.94. The molecule has 1 aromatic rings. The van der Waals surface area contributed by atoms with Crippen molar-refractivity contribution in [3.05, 3.63) is 29.8 Å². The maximum atomic E-state index is 12.5. The Hall–Kier alpha value is -1.72. The normalized spacial score (nSPS) is 11.0. The summed E-state index contributed by atoms with van der Waals surface area (Å²) in [6.07, 6.45) is -4.25. The van der Waals surface area contributed by atoms with E-state index in [0.29, 0.717) is 0 Å². The molecule has 0 saturated carbocycles. The standard InChI is InChI=1S/C10H11F3N2O/c1-2-9(16)15-14-8-6-4-3-5-7(8)10(11,12)13/h3-6,14H,2H2,1H3,(H,15,16). The van der Waals surface area contributed by atoms with E-state index in [9.17, 15) is 18.0 Å². The van der Waals surface area contributed by atoms with Crippen LogP contribution >= 0.6 is 0 Å². The smallest absolute Gasteiger partial charge is 0.298 e. The zero-order valence-electron chi connectivity index (χ0n) is 8.56. The van der Waals surface area contributed by atoms with Crippen LogP contribution in [0.1, 0.15) is 18.9 Å². The molecule has 0 aliphatic heterocycles. The molecule has 0 unspecified atom stereocenters. The van der Waals surface area contributed by atoms with Gasteiger partial charge in [0.25, 0.3) is 0 Å². The molecular weight excluding hydrogens is 221 g/mol. The van der Waals surface area contributed by atoms with Gasteiger partial charge in [0.15, 0.2) is 0 Å². The van der Waals surface area contributed by atoms with Crippen molar-refractivity contribution in [2.75, 3.05) is 5.43 Å². The first-order valence-electron chi connectivity index (χ1n) is 4.66. The van der Waals surface area contributed by atoms with Gasteiger partial charge in [-0.3, -0.25) is 15.6 Å². The van der Waals surface area contributed by atoms with Crippen LogP contribution in [-0.2, 0) is 11.0 Å². The molecule has 1 amide bonds. The number of hydrogen-bond donors (Lipinski definition) is 2. The molecule has 0 radical (unpaired) electrons. The van der Waals surface area contributed by atoms with E-state index in [2.05, 4.69) is 10.9 Å². The summed E-state index contributed by atoms with van der Waals surface area (Å²) >= 11 is 0. The zero-order chi connectivity index (χ0) is 12.2. The lowest BCUT2D eigenvalue weighted by molar-refractivity contribution is -0.137. The third kappa shape index (κ3) is 3.15. The predicted molar refractivity (Wildman–Crippen MR) is 53.5 cm³/mol. The molecule has 6 heteroatoms. The summed E-state index contributed by atoms with van der Waals surface area (Å²) in [5.74, 6) is -0.378. The van der Waals surface area contributed by atoms with Gasteiger partial charge in [-0.15, -0.1) is 0 Å². The van der Waals surface area contributed by atoms with Gasteiger partial charge in [-0.05, 0) is 12.1 Å². The Labute approximate surface area is 90.6 Å². The molecule has 0 heterocycles. The average molecular weight is 232 g/mol. The predicted octanol–water partition coefficient (Wildman–Crippen LogP) is 2.56. The van der Waals surface area contributed by atoms with E-state index in [4.69, 9.17) is 0 Å². The summed E-state index contributed by atoms with van der Waals surface area (Å²) in [4.78, 5) is 10.9. The fraction of sp³-hybridized carbons (Fsp3) is 0.300. The number of nitrogens with one attached hydrogen (secondary N) is 2. The fourth-order valence-corrected chi connectivity index (χ4v) is 1.06. The number of alkyl halides is 3. The summed E-state index contributed by atoms with van der Waals surface area (Å²) in [5, 5.41) is 0. The molecule has 1 aromatic carbocycles. The van der Waals surface area contributed by atoms with E-state index in [0.717, 1.165) is 6.07 Å². The first-order chi connectivity index (χ1) is 7.45. The second kappa shape index (κ2) is 4.87. The summed E-state index contributed by atoms with van der Waals surface area (Å²) in [5.41, 5.74) is 3.44. The highest BCUT2D eigenvalue weighted by molar-refractivity contribution is 5.77. The molecule has 16 heavy (non-hydrogen) atoms. The lowest BCUT2D eigenvalue weighted by Gasteiger charge is -2.14. The Morgan fingerprint density at radius 2 is 1.94 bits per heavy atom. The Bertz CT molecular complexity index is 377. The van der Waals surface area contributed by atoms with Crippen LogP contribution in [0.25, 0.3) is 0 Å². The molecule has 0 atom stereocenters. The van der Waals surface area contributed by atoms with Crippen LogP contribution in [0.3, 0.4) is 0 Å². The van der Waals surface area contributed by atoms with Gasteiger partial charge in [0.2, 0.25) is 5.91 Å². The van der Waals surface area contributed by atoms with Crippen molar-refractivity contribution in [3.63, 3.8) is 0 Å². The minimum atomic E-state index is -4.44. The molecule has 2 N–H and O–H groups in total. The van der Waals surface area contributed by atoms with Gasteiger partial charge in [0, 0.05) is 6.42 Å². The number of rotatable bonds is 3. The van der Waals surface area contributed by atoms with Gasteiger partial charge < -0.3 is 0 Å². The van der Waals surface area contributed by atoms with Crippen LogP contribution in [0.15, 0.2) is 24.3 Å². The molecule has 0 aliphatic carbocycles. The van der Waals surface area contributed by atoms with Crippen LogP contribution < -0.4 is 10.9 Å². The number of para-hydroxylation sites is 1. The quantitative estimate of drug-likeness (QED) is 0.786. The molecule has 0 aliphatic rings. The monoisotopic (exact) mass is 232 g/mol. The number of halogens is 3. The summed E-state index contributed by atoms with van der Waals surface area (Å²) in [6.45, 7) is 1.60. The van der Waals surface area contributed by atoms with Crippen LogP contribution in [-0.4, -0.2) is 5.91 Å². The SMILES string of the molecule is CCC(=O)NNc1ccccc1C(F)(F)F. The van der Waals surface area contributed by atoms with Crippen molar-refractivity contribution >= 4 is 11.6 Å². The molecule has 0 saturated heterocycles. The molecule has 0 fully saturated rings. The average Bonchev–Trinajstić information content (AvgIpc) is 2.25. The van der Waals surface area contributed by atoms with E-state index in [-0.39, 0.29) is 18.0 Å². The zero-order valence-corrected chi connectivity index (χ0v) is 8.56. The lowest BCUT2D eigenvalue weighted by Crippen LogP contribution is -2.29. The molecule has 88 valence electrons. The second-order valence-corrected chi connectivity index (χ2v) is 3.07. The van der Waals surface area contributed by atoms with E-state index >= 15 is 0 Å². The van der Waals surface area contributed by atoms with Crippen molar-refractivity contribution in [2.45, 2.75) is 19.5 Å². The Morgan fingerprint density at radius 1 is 1.31 bits per heavy atom. The highest BCUT2D eigenvalue weighted by Crippen LogP contribution is 2.34. The third-order valence-corrected chi connectivity index (χ3v) is 1.89. The number of carbonyl (C=O) groups is 1. The summed E-state index contributed by atoms with van der Waals surface area (Å²) < 4.78 is 37.5. The van der Waals surface area contributed by atoms with Crippen molar-refractivity contribution < 1.29 is 18.0 Å². The van der Waals surface area contributed by atoms with Crippen molar-refractivity contribution in [1.82, 2.24) is 5.43 Å². The van der Waals surface area contributed by atoms with E-state index in [1.165, 1.54) is 18.2 Å². The van der Waals surface area contributed by atoms with Crippen LogP contribution in [0.5, 0.6) is 0 Å². The van der Waals surface area contributed by atoms with E-state index < -0.39 is 11.7 Å². The van der Waals surface area contributed by atoms with E-state index in [1.807, 2.05) is 0 Å². The van der Waals surface area contributed by atoms with Crippen molar-refractivity contribution in [1.29, 1.82) is 0 Å². The molecule has 0 aromatic heterocycles. The summed E-state index contributed by atoms with van der Waals surface area (Å²) in [7, 11) is 0. The highest BCUT2D eigenvalue weighted by Gasteiger charge is 2.33. The van der Waals surface area contributed by atoms with Crippen molar-refractivity contribution in [3.8, 4) is 0 Å². The number of amides is 1. The maximum absolute atomic E-state index is 12.5. The molecule has 0 bridgehead atoms. The van der Waals surface area contributed by atoms with Gasteiger partial charge >= 0.3 is 6.18 Å². The fourth-order valence-electron chi connectivity index (χ4n) is 1.06. The first kappa shape index (κ1) is 12.4. The minimum Gasteiger partial charge on any atom is -0.298 e. The Kier molecular flexibility index (Phi) is 3.76. The maximum Gasteiger partial charge on any atom is 0.418 e. The van der Waals surface area contributed by atoms with Crippen molar-refractivity contribution in [2.24, 2.45) is 0 Å². The van der Waals surface area contributed by atoms with Gasteiger partial charge in [-0.25, -0.2) is 0 Å². The van der Waals surface area contributed by atoms with Gasteiger partial charge in [-0.1, -0.05) is 19.1 Å². The topological polar surface area (TPSA) is 41.1 Å². The third-order valence-electron chi connectivity index (χ3n) is 1.89. The minimum absolute atomic E-state index is 0.170. The number of benzene rings is 1. The van der Waals surface area contributed by atoms with Crippen LogP contribution in [0.4, 0.5) is 18.9 Å². The number of hydrogen-bond acceptors (Lipinski definition) is 2. The first-order valence-corrected chi connectivity index (χ1v) is 4.66. The van der Waals surface area contributed by atoms with Gasteiger partial charge in [-0.2, -0.15) is 13.2 Å². The molecule has 3 nitrogen and oxygen atoms in total. The van der Waals surface area contributed by atoms with E-state index in [1.54, 1.807) is 6.92 Å². The van der Waals surface area contributed by atoms with Crippen LogP contribution in [0.2, 0.25) is 0 Å². The largest absolute Gasteiger partial charge is 0.418 e. The van der Waals surface area contributed by atoms with Gasteiger partial charge in [0.05, 0.1) is 11.3 Å². The number of anilines is 1. The lowest BCUT2D eigenvalue weighted by atomic mass is 10.2. The van der Waals surface area contributed by atoms with Gasteiger partial charge in [0.1, 0.15) is 0 Å². The molecular formula is C10H11F3N2O. The second-order valence-electron chi connectivity index (χ2n) is 3.07. The molecule has 1 rings (SSSR count). The molecule has 0 spiro atoms. The number of carbonyl (C=O) groups excluding carboxylic acids is 1.